The van der Waals surface area contributed by atoms with E-state index in [9.17, 15) is 8.78 Å². The van der Waals surface area contributed by atoms with Crippen molar-refractivity contribution >= 4 is 12.2 Å². The number of likely N-dealkylation sites (tertiary alicyclic amines) is 1. The van der Waals surface area contributed by atoms with Crippen LogP contribution in [0.5, 0.6) is 11.5 Å². The Morgan fingerprint density at radius 3 is 2.30 bits per heavy atom. The standard InChI is InChI=1S/C23H30F2N6O2/c1-31-8-6-16(7-9-31)27-14-17(11-26)30-23-28-12-15(13-29-23)4-5-18-21(24)19(32-2)10-20(33-3)22(18)25/h10-14,16H,4-9,26H2,1-3H3,(H,28,29,30)/b17-11+,27-14?. The maximum atomic E-state index is 14.5. The second-order valence-corrected chi connectivity index (χ2v) is 7.86. The van der Waals surface area contributed by atoms with E-state index in [1.165, 1.54) is 26.5 Å². The lowest BCUT2D eigenvalue weighted by molar-refractivity contribution is 0.257. The van der Waals surface area contributed by atoms with Gasteiger partial charge in [0.05, 0.1) is 26.0 Å². The summed E-state index contributed by atoms with van der Waals surface area (Å²) in [5.41, 5.74) is 6.91. The first-order valence-corrected chi connectivity index (χ1v) is 10.8. The molecule has 1 saturated heterocycles. The number of piperidine rings is 1. The summed E-state index contributed by atoms with van der Waals surface area (Å²) in [6.45, 7) is 2.05. The lowest BCUT2D eigenvalue weighted by Gasteiger charge is -2.26. The number of benzene rings is 1. The Kier molecular flexibility index (Phi) is 8.53. The monoisotopic (exact) mass is 460 g/mol. The number of aromatic nitrogens is 2. The Bertz CT molecular complexity index is 961. The maximum absolute atomic E-state index is 14.5. The zero-order chi connectivity index (χ0) is 23.8. The highest BCUT2D eigenvalue weighted by atomic mass is 19.1. The molecule has 3 N–H and O–H groups in total. The molecule has 8 nitrogen and oxygen atoms in total. The molecule has 0 unspecified atom stereocenters. The number of ether oxygens (including phenoxy) is 2. The van der Waals surface area contributed by atoms with Gasteiger partial charge in [-0.2, -0.15) is 0 Å². The highest BCUT2D eigenvalue weighted by molar-refractivity contribution is 5.82. The number of allylic oxidation sites excluding steroid dienone is 1. The molecule has 1 aromatic carbocycles. The average Bonchev–Trinajstić information content (AvgIpc) is 2.83. The molecule has 1 aliphatic heterocycles. The van der Waals surface area contributed by atoms with Gasteiger partial charge >= 0.3 is 0 Å². The number of methoxy groups -OCH3 is 2. The van der Waals surface area contributed by atoms with Crippen LogP contribution < -0.4 is 20.5 Å². The molecule has 0 aliphatic carbocycles. The number of aryl methyl sites for hydroxylation is 1. The van der Waals surface area contributed by atoms with Crippen LogP contribution in [0.3, 0.4) is 0 Å². The quantitative estimate of drug-likeness (QED) is 0.555. The molecule has 33 heavy (non-hydrogen) atoms. The minimum Gasteiger partial charge on any atom is -0.494 e. The van der Waals surface area contributed by atoms with Gasteiger partial charge in [-0.05, 0) is 51.4 Å². The third-order valence-corrected chi connectivity index (χ3v) is 5.58. The van der Waals surface area contributed by atoms with E-state index >= 15 is 0 Å². The molecule has 2 heterocycles. The van der Waals surface area contributed by atoms with Gasteiger partial charge in [0.2, 0.25) is 5.95 Å². The zero-order valence-corrected chi connectivity index (χ0v) is 19.1. The van der Waals surface area contributed by atoms with Crippen molar-refractivity contribution in [2.24, 2.45) is 10.7 Å². The molecule has 1 aliphatic rings. The fourth-order valence-electron chi connectivity index (χ4n) is 3.55. The average molecular weight is 461 g/mol. The number of hydrogen-bond donors (Lipinski definition) is 2. The van der Waals surface area contributed by atoms with Crippen molar-refractivity contribution in [2.75, 3.05) is 39.7 Å². The van der Waals surface area contributed by atoms with E-state index in [1.54, 1.807) is 18.6 Å². The molecule has 0 spiro atoms. The van der Waals surface area contributed by atoms with E-state index in [0.29, 0.717) is 18.1 Å². The second-order valence-electron chi connectivity index (χ2n) is 7.86. The lowest BCUT2D eigenvalue weighted by Crippen LogP contribution is -2.32. The van der Waals surface area contributed by atoms with E-state index in [4.69, 9.17) is 15.2 Å². The van der Waals surface area contributed by atoms with Crippen molar-refractivity contribution in [3.8, 4) is 11.5 Å². The van der Waals surface area contributed by atoms with E-state index in [1.807, 2.05) is 0 Å². The normalized spacial score (nSPS) is 15.7. The number of hydrogen-bond acceptors (Lipinski definition) is 8. The maximum Gasteiger partial charge on any atom is 0.227 e. The summed E-state index contributed by atoms with van der Waals surface area (Å²) in [4.78, 5) is 15.4. The fourth-order valence-corrected chi connectivity index (χ4v) is 3.55. The van der Waals surface area contributed by atoms with Crippen LogP contribution in [0.25, 0.3) is 0 Å². The van der Waals surface area contributed by atoms with Crippen molar-refractivity contribution in [1.82, 2.24) is 14.9 Å². The predicted molar refractivity (Wildman–Crippen MR) is 124 cm³/mol. The van der Waals surface area contributed by atoms with E-state index in [2.05, 4.69) is 32.2 Å². The second kappa shape index (κ2) is 11.6. The predicted octanol–water partition coefficient (Wildman–Crippen LogP) is 2.93. The van der Waals surface area contributed by atoms with Crippen molar-refractivity contribution in [3.05, 3.63) is 53.1 Å². The molecule has 178 valence electrons. The molecule has 1 fully saturated rings. The molecular formula is C23H30F2N6O2. The van der Waals surface area contributed by atoms with Crippen LogP contribution >= 0.6 is 0 Å². The van der Waals surface area contributed by atoms with Crippen LogP contribution in [-0.4, -0.2) is 61.5 Å². The van der Waals surface area contributed by atoms with Crippen LogP contribution in [0, 0.1) is 11.6 Å². The smallest absolute Gasteiger partial charge is 0.227 e. The van der Waals surface area contributed by atoms with Gasteiger partial charge in [0.1, 0.15) is 0 Å². The van der Waals surface area contributed by atoms with Crippen LogP contribution in [-0.2, 0) is 12.8 Å². The SMILES string of the molecule is COc1cc(OC)c(F)c(CCc2cnc(N/C(C=NC3CCN(C)CC3)=C/N)nc2)c1F. The van der Waals surface area contributed by atoms with Gasteiger partial charge < -0.3 is 25.4 Å². The molecule has 0 amide bonds. The summed E-state index contributed by atoms with van der Waals surface area (Å²) >= 11 is 0. The van der Waals surface area contributed by atoms with E-state index < -0.39 is 11.6 Å². The lowest BCUT2D eigenvalue weighted by atomic mass is 10.0. The first kappa shape index (κ1) is 24.4. The van der Waals surface area contributed by atoms with Crippen LogP contribution in [0.2, 0.25) is 0 Å². The molecule has 10 heteroatoms. The minimum absolute atomic E-state index is 0.0675. The summed E-state index contributed by atoms with van der Waals surface area (Å²) in [5, 5.41) is 3.03. The molecule has 0 saturated carbocycles. The van der Waals surface area contributed by atoms with Crippen molar-refractivity contribution < 1.29 is 18.3 Å². The molecule has 0 radical (unpaired) electrons. The van der Waals surface area contributed by atoms with Gasteiger partial charge in [-0.15, -0.1) is 0 Å². The Hall–Kier alpha value is -3.27. The summed E-state index contributed by atoms with van der Waals surface area (Å²) in [6, 6.07) is 1.47. The fraction of sp³-hybridized carbons (Fsp3) is 0.435. The topological polar surface area (TPSA) is 97.9 Å². The van der Waals surface area contributed by atoms with E-state index in [0.717, 1.165) is 31.5 Å². The summed E-state index contributed by atoms with van der Waals surface area (Å²) in [6.07, 6.45) is 8.77. The van der Waals surface area contributed by atoms with Crippen molar-refractivity contribution in [1.29, 1.82) is 0 Å². The number of rotatable bonds is 9. The van der Waals surface area contributed by atoms with Gasteiger partial charge in [0, 0.05) is 36.4 Å². The number of aliphatic imine (C=N–C) groups is 1. The third kappa shape index (κ3) is 6.38. The Balaban J connectivity index is 1.60. The van der Waals surface area contributed by atoms with Gasteiger partial charge in [-0.25, -0.2) is 18.7 Å². The molecule has 1 aromatic heterocycles. The van der Waals surface area contributed by atoms with Crippen LogP contribution in [0.1, 0.15) is 24.0 Å². The minimum atomic E-state index is -0.739. The zero-order valence-electron chi connectivity index (χ0n) is 19.1. The third-order valence-electron chi connectivity index (χ3n) is 5.58. The van der Waals surface area contributed by atoms with Crippen molar-refractivity contribution in [2.45, 2.75) is 31.7 Å². The number of nitrogens with one attached hydrogen (secondary N) is 1. The molecule has 3 rings (SSSR count). The first-order chi connectivity index (χ1) is 15.9. The molecular weight excluding hydrogens is 430 g/mol. The van der Waals surface area contributed by atoms with Gasteiger partial charge in [-0.1, -0.05) is 0 Å². The highest BCUT2D eigenvalue weighted by Gasteiger charge is 2.20. The number of halogens is 2. The van der Waals surface area contributed by atoms with Gasteiger partial charge in [0.25, 0.3) is 0 Å². The summed E-state index contributed by atoms with van der Waals surface area (Å²) in [7, 11) is 4.75. The van der Waals surface area contributed by atoms with Crippen molar-refractivity contribution in [3.63, 3.8) is 0 Å². The van der Waals surface area contributed by atoms with Gasteiger partial charge in [0.15, 0.2) is 23.1 Å². The largest absolute Gasteiger partial charge is 0.494 e. The summed E-state index contributed by atoms with van der Waals surface area (Å²) < 4.78 is 39.0. The van der Waals surface area contributed by atoms with Crippen LogP contribution in [0.15, 0.2) is 35.3 Å². The first-order valence-electron chi connectivity index (χ1n) is 10.8. The Labute approximate surface area is 192 Å². The molecule has 0 atom stereocenters. The molecule has 0 bridgehead atoms. The number of anilines is 1. The highest BCUT2D eigenvalue weighted by Crippen LogP contribution is 2.32. The number of nitrogens with zero attached hydrogens (tertiary/aromatic N) is 4. The summed E-state index contributed by atoms with van der Waals surface area (Å²) in [5.74, 6) is -1.26. The van der Waals surface area contributed by atoms with E-state index in [-0.39, 0.29) is 29.5 Å². The molecule has 2 aromatic rings. The number of nitrogens with two attached hydrogens (primary N) is 1. The Morgan fingerprint density at radius 2 is 1.76 bits per heavy atom. The Morgan fingerprint density at radius 1 is 1.15 bits per heavy atom. The van der Waals surface area contributed by atoms with Crippen LogP contribution in [0.4, 0.5) is 14.7 Å². The van der Waals surface area contributed by atoms with Gasteiger partial charge in [-0.3, -0.25) is 4.99 Å².